The maximum Gasteiger partial charge on any atom is 0.306 e. The molecule has 2 rings (SSSR count). The van der Waals surface area contributed by atoms with Crippen LogP contribution in [0.4, 0.5) is 0 Å². The highest BCUT2D eigenvalue weighted by atomic mass is 16.5. The van der Waals surface area contributed by atoms with Crippen molar-refractivity contribution in [2.75, 3.05) is 6.54 Å². The highest BCUT2D eigenvalue weighted by molar-refractivity contribution is 6.12. The summed E-state index contributed by atoms with van der Waals surface area (Å²) in [7, 11) is 0. The zero-order valence-corrected chi connectivity index (χ0v) is 12.8. The van der Waals surface area contributed by atoms with E-state index in [9.17, 15) is 14.4 Å². The lowest BCUT2D eigenvalue weighted by Gasteiger charge is -2.18. The summed E-state index contributed by atoms with van der Waals surface area (Å²) in [5, 5.41) is 0. The minimum absolute atomic E-state index is 0.0309. The van der Waals surface area contributed by atoms with E-state index in [2.05, 4.69) is 12.2 Å². The van der Waals surface area contributed by atoms with Gasteiger partial charge in [-0.25, -0.2) is 0 Å². The van der Waals surface area contributed by atoms with Gasteiger partial charge in [-0.3, -0.25) is 19.3 Å². The summed E-state index contributed by atoms with van der Waals surface area (Å²) in [6, 6.07) is 0. The Morgan fingerprint density at radius 1 is 1.09 bits per heavy atom. The first-order chi connectivity index (χ1) is 10.7. The fraction of sp³-hybridized carbons (Fsp3) is 0.588. The van der Waals surface area contributed by atoms with E-state index < -0.39 is 0 Å². The Balaban J connectivity index is 1.60. The third-order valence-electron chi connectivity index (χ3n) is 3.93. The Morgan fingerprint density at radius 3 is 2.59 bits per heavy atom. The summed E-state index contributed by atoms with van der Waals surface area (Å²) in [5.41, 5.74) is 0. The van der Waals surface area contributed by atoms with Gasteiger partial charge in [0.05, 0.1) is 0 Å². The lowest BCUT2D eigenvalue weighted by molar-refractivity contribution is -0.149. The first kappa shape index (κ1) is 16.5. The number of allylic oxidation sites excluding steroid dienone is 2. The summed E-state index contributed by atoms with van der Waals surface area (Å²) in [6.07, 6.45) is 13.4. The molecule has 0 saturated heterocycles. The normalized spacial score (nSPS) is 23.3. The number of hydrogen-bond donors (Lipinski definition) is 0. The fourth-order valence-electron chi connectivity index (χ4n) is 2.68. The first-order valence-electron chi connectivity index (χ1n) is 8.05. The molecule has 5 nitrogen and oxygen atoms in total. The number of esters is 1. The van der Waals surface area contributed by atoms with E-state index in [1.54, 1.807) is 0 Å². The molecule has 0 aromatic rings. The molecule has 0 aromatic carbocycles. The molecule has 120 valence electrons. The number of imide groups is 1. The second kappa shape index (κ2) is 8.51. The van der Waals surface area contributed by atoms with Crippen LogP contribution in [0.1, 0.15) is 51.4 Å². The second-order valence-electron chi connectivity index (χ2n) is 5.71. The van der Waals surface area contributed by atoms with Crippen LogP contribution < -0.4 is 0 Å². The number of carbonyl (C=O) groups excluding carboxylic acids is 3. The number of carbonyl (C=O) groups is 3. The third-order valence-corrected chi connectivity index (χ3v) is 3.93. The predicted molar refractivity (Wildman–Crippen MR) is 81.8 cm³/mol. The molecule has 0 aromatic heterocycles. The number of hydrogen-bond acceptors (Lipinski definition) is 4. The molecule has 0 bridgehead atoms. The maximum atomic E-state index is 11.8. The zero-order valence-electron chi connectivity index (χ0n) is 12.8. The van der Waals surface area contributed by atoms with Crippen LogP contribution in [0.2, 0.25) is 0 Å². The van der Waals surface area contributed by atoms with Gasteiger partial charge in [0.1, 0.15) is 6.10 Å². The van der Waals surface area contributed by atoms with Crippen LogP contribution in [0.3, 0.4) is 0 Å². The van der Waals surface area contributed by atoms with Gasteiger partial charge >= 0.3 is 5.97 Å². The Hall–Kier alpha value is -1.91. The summed E-state index contributed by atoms with van der Waals surface area (Å²) >= 11 is 0. The summed E-state index contributed by atoms with van der Waals surface area (Å²) < 4.78 is 5.51. The van der Waals surface area contributed by atoms with Crippen molar-refractivity contribution in [3.63, 3.8) is 0 Å². The Morgan fingerprint density at radius 2 is 1.82 bits per heavy atom. The monoisotopic (exact) mass is 305 g/mol. The molecule has 0 radical (unpaired) electrons. The minimum atomic E-state index is -0.268. The Labute approximate surface area is 131 Å². The number of ether oxygens (including phenoxy) is 1. The van der Waals surface area contributed by atoms with Gasteiger partial charge in [-0.1, -0.05) is 12.2 Å². The predicted octanol–water partition coefficient (Wildman–Crippen LogP) is 2.51. The molecule has 0 saturated carbocycles. The average Bonchev–Trinajstić information content (AvgIpc) is 2.77. The van der Waals surface area contributed by atoms with Crippen LogP contribution in [0, 0.1) is 0 Å². The molecule has 1 atom stereocenters. The van der Waals surface area contributed by atoms with Crippen LogP contribution in [-0.2, 0) is 19.1 Å². The van der Waals surface area contributed by atoms with E-state index >= 15 is 0 Å². The number of rotatable bonds is 6. The van der Waals surface area contributed by atoms with Crippen LogP contribution in [0.25, 0.3) is 0 Å². The molecule has 1 heterocycles. The minimum Gasteiger partial charge on any atom is -0.462 e. The molecule has 0 spiro atoms. The summed E-state index contributed by atoms with van der Waals surface area (Å²) in [4.78, 5) is 35.7. The Bertz CT molecular complexity index is 463. The molecule has 0 unspecified atom stereocenters. The molecule has 0 N–H and O–H groups in total. The maximum absolute atomic E-state index is 11.8. The lowest BCUT2D eigenvalue weighted by atomic mass is 10.0. The summed E-state index contributed by atoms with van der Waals surface area (Å²) in [6.45, 7) is 0.367. The first-order valence-corrected chi connectivity index (χ1v) is 8.05. The van der Waals surface area contributed by atoms with Gasteiger partial charge < -0.3 is 4.74 Å². The Kier molecular flexibility index (Phi) is 6.37. The van der Waals surface area contributed by atoms with Gasteiger partial charge in [0.2, 0.25) is 0 Å². The van der Waals surface area contributed by atoms with Crippen molar-refractivity contribution in [2.45, 2.75) is 57.5 Å². The third kappa shape index (κ3) is 5.13. The van der Waals surface area contributed by atoms with Gasteiger partial charge in [0.15, 0.2) is 0 Å². The molecule has 1 aliphatic heterocycles. The van der Waals surface area contributed by atoms with Gasteiger partial charge in [0, 0.05) is 25.1 Å². The van der Waals surface area contributed by atoms with E-state index in [4.69, 9.17) is 4.74 Å². The van der Waals surface area contributed by atoms with Gasteiger partial charge in [-0.05, 0) is 44.9 Å². The molecular weight excluding hydrogens is 282 g/mol. The molecule has 22 heavy (non-hydrogen) atoms. The van der Waals surface area contributed by atoms with E-state index in [1.165, 1.54) is 17.1 Å². The molecular formula is C17H23NO4. The van der Waals surface area contributed by atoms with Crippen LogP contribution >= 0.6 is 0 Å². The quantitative estimate of drug-likeness (QED) is 0.327. The standard InChI is InChI=1S/C17H23NO4/c19-15-11-12-16(20)18(15)13-7-6-10-17(21)22-14-8-4-2-1-3-5-9-14/h1-2,11-12,14H,3-10,13H2/b2-1+/t14-/m1/s1. The number of amides is 2. The molecule has 1 aliphatic carbocycles. The van der Waals surface area contributed by atoms with Gasteiger partial charge in [0.25, 0.3) is 11.8 Å². The second-order valence-corrected chi connectivity index (χ2v) is 5.71. The highest BCUT2D eigenvalue weighted by Crippen LogP contribution is 2.16. The van der Waals surface area contributed by atoms with E-state index in [0.29, 0.717) is 25.8 Å². The largest absolute Gasteiger partial charge is 0.462 e. The smallest absolute Gasteiger partial charge is 0.306 e. The van der Waals surface area contributed by atoms with E-state index in [-0.39, 0.29) is 23.9 Å². The van der Waals surface area contributed by atoms with Crippen LogP contribution in [-0.4, -0.2) is 35.3 Å². The lowest BCUT2D eigenvalue weighted by Crippen LogP contribution is -2.30. The van der Waals surface area contributed by atoms with Crippen molar-refractivity contribution in [1.82, 2.24) is 4.90 Å². The van der Waals surface area contributed by atoms with E-state index in [1.807, 2.05) is 0 Å². The van der Waals surface area contributed by atoms with Crippen LogP contribution in [0.15, 0.2) is 24.3 Å². The highest BCUT2D eigenvalue weighted by Gasteiger charge is 2.22. The van der Waals surface area contributed by atoms with Crippen molar-refractivity contribution in [1.29, 1.82) is 0 Å². The molecule has 5 heteroatoms. The fourth-order valence-corrected chi connectivity index (χ4v) is 2.68. The van der Waals surface area contributed by atoms with Crippen LogP contribution in [0.5, 0.6) is 0 Å². The molecule has 2 amide bonds. The zero-order chi connectivity index (χ0) is 15.8. The SMILES string of the molecule is O=C(CCCCN1C(=O)C=CC1=O)O[C@@H]1CC/C=C/CCC1. The number of nitrogens with zero attached hydrogens (tertiary/aromatic N) is 1. The van der Waals surface area contributed by atoms with Gasteiger partial charge in [-0.15, -0.1) is 0 Å². The average molecular weight is 305 g/mol. The summed E-state index contributed by atoms with van der Waals surface area (Å²) in [5.74, 6) is -0.711. The van der Waals surface area contributed by atoms with Crippen molar-refractivity contribution in [2.24, 2.45) is 0 Å². The van der Waals surface area contributed by atoms with Crippen molar-refractivity contribution in [3.05, 3.63) is 24.3 Å². The molecule has 2 aliphatic rings. The van der Waals surface area contributed by atoms with Gasteiger partial charge in [-0.2, -0.15) is 0 Å². The van der Waals surface area contributed by atoms with E-state index in [0.717, 1.165) is 32.1 Å². The number of unbranched alkanes of at least 4 members (excludes halogenated alkanes) is 1. The topological polar surface area (TPSA) is 63.7 Å². The van der Waals surface area contributed by atoms with Crippen molar-refractivity contribution < 1.29 is 19.1 Å². The molecule has 0 fully saturated rings. The van der Waals surface area contributed by atoms with Crippen molar-refractivity contribution >= 4 is 17.8 Å². The van der Waals surface area contributed by atoms with Crippen molar-refractivity contribution in [3.8, 4) is 0 Å².